The minimum atomic E-state index is 0.541. The summed E-state index contributed by atoms with van der Waals surface area (Å²) in [5.74, 6) is 0. The molecule has 0 radical (unpaired) electrons. The molecule has 3 rings (SSSR count). The van der Waals surface area contributed by atoms with Gasteiger partial charge in [-0.1, -0.05) is 30.3 Å². The summed E-state index contributed by atoms with van der Waals surface area (Å²) in [4.78, 5) is 4.51. The van der Waals surface area contributed by atoms with Gasteiger partial charge in [0.1, 0.15) is 16.6 Å². The second-order valence-electron chi connectivity index (χ2n) is 4.62. The smallest absolute Gasteiger partial charge is 0.136 e. The van der Waals surface area contributed by atoms with Crippen LogP contribution in [0.1, 0.15) is 10.6 Å². The van der Waals surface area contributed by atoms with Crippen LogP contribution in [-0.2, 0) is 0 Å². The van der Waals surface area contributed by atoms with E-state index in [1.165, 1.54) is 11.3 Å². The summed E-state index contributed by atoms with van der Waals surface area (Å²) < 4.78 is 1.09. The second kappa shape index (κ2) is 5.78. The average Bonchev–Trinajstić information content (AvgIpc) is 2.93. The fourth-order valence-electron chi connectivity index (χ4n) is 2.01. The number of fused-ring (bicyclic) bond motifs is 1. The van der Waals surface area contributed by atoms with Crippen molar-refractivity contribution in [2.24, 2.45) is 0 Å². The van der Waals surface area contributed by atoms with Gasteiger partial charge in [-0.3, -0.25) is 0 Å². The third kappa shape index (κ3) is 2.78. The van der Waals surface area contributed by atoms with Crippen molar-refractivity contribution >= 4 is 32.8 Å². The van der Waals surface area contributed by atoms with E-state index < -0.39 is 0 Å². The average molecular weight is 291 g/mol. The largest absolute Gasteiger partial charge is 0.360 e. The molecule has 102 valence electrons. The molecule has 0 aliphatic heterocycles. The molecule has 0 aliphatic rings. The van der Waals surface area contributed by atoms with Gasteiger partial charge >= 0.3 is 0 Å². The van der Waals surface area contributed by atoms with E-state index in [-0.39, 0.29) is 0 Å². The molecule has 0 amide bonds. The van der Waals surface area contributed by atoms with Gasteiger partial charge < -0.3 is 5.32 Å². The fraction of sp³-hybridized carbons (Fsp3) is 0.0588. The Hall–Kier alpha value is -2.64. The molecule has 0 aliphatic carbocycles. The summed E-state index contributed by atoms with van der Waals surface area (Å²) in [6.45, 7) is 2.03. The quantitative estimate of drug-likeness (QED) is 0.718. The number of benzene rings is 2. The number of anilines is 1. The molecule has 0 saturated carbocycles. The summed E-state index contributed by atoms with van der Waals surface area (Å²) in [5.41, 5.74) is 3.59. The summed E-state index contributed by atoms with van der Waals surface area (Å²) in [6.07, 6.45) is 1.72. The maximum atomic E-state index is 9.36. The highest BCUT2D eigenvalue weighted by Crippen LogP contribution is 2.26. The van der Waals surface area contributed by atoms with Crippen molar-refractivity contribution in [1.29, 1.82) is 5.26 Å². The maximum Gasteiger partial charge on any atom is 0.136 e. The lowest BCUT2D eigenvalue weighted by Crippen LogP contribution is -1.92. The molecule has 21 heavy (non-hydrogen) atoms. The van der Waals surface area contributed by atoms with Crippen molar-refractivity contribution in [3.63, 3.8) is 0 Å². The van der Waals surface area contributed by atoms with Crippen LogP contribution < -0.4 is 5.32 Å². The number of hydrogen-bond acceptors (Lipinski definition) is 4. The number of nitriles is 1. The Morgan fingerprint density at radius 2 is 1.95 bits per heavy atom. The Balaban J connectivity index is 1.93. The number of allylic oxidation sites excluding steroid dienone is 1. The first kappa shape index (κ1) is 13.3. The van der Waals surface area contributed by atoms with E-state index in [0.717, 1.165) is 26.5 Å². The summed E-state index contributed by atoms with van der Waals surface area (Å²) in [6, 6.07) is 18.1. The second-order valence-corrected chi connectivity index (χ2v) is 5.65. The van der Waals surface area contributed by atoms with Crippen molar-refractivity contribution in [3.8, 4) is 6.07 Å². The summed E-state index contributed by atoms with van der Waals surface area (Å²) in [7, 11) is 0. The van der Waals surface area contributed by atoms with Crippen LogP contribution in [0, 0.1) is 18.3 Å². The van der Waals surface area contributed by atoms with Crippen LogP contribution in [0.15, 0.2) is 54.7 Å². The number of rotatable bonds is 3. The van der Waals surface area contributed by atoms with E-state index in [1.54, 1.807) is 6.20 Å². The summed E-state index contributed by atoms with van der Waals surface area (Å²) in [5, 5.41) is 13.3. The van der Waals surface area contributed by atoms with Gasteiger partial charge in [-0.15, -0.1) is 11.3 Å². The Morgan fingerprint density at radius 3 is 2.71 bits per heavy atom. The Kier molecular flexibility index (Phi) is 3.67. The predicted octanol–water partition coefficient (Wildman–Crippen LogP) is 4.58. The highest BCUT2D eigenvalue weighted by Gasteiger charge is 2.08. The maximum absolute atomic E-state index is 9.36. The van der Waals surface area contributed by atoms with Crippen molar-refractivity contribution in [3.05, 3.63) is 65.3 Å². The molecule has 0 unspecified atom stereocenters. The van der Waals surface area contributed by atoms with Crippen LogP contribution in [0.25, 0.3) is 15.8 Å². The number of aromatic nitrogens is 1. The lowest BCUT2D eigenvalue weighted by Gasteiger charge is -2.04. The van der Waals surface area contributed by atoms with Crippen molar-refractivity contribution in [2.45, 2.75) is 6.92 Å². The molecular formula is C17H13N3S. The van der Waals surface area contributed by atoms with E-state index >= 15 is 0 Å². The van der Waals surface area contributed by atoms with Crippen LogP contribution in [0.3, 0.4) is 0 Å². The fourth-order valence-corrected chi connectivity index (χ4v) is 2.95. The minimum absolute atomic E-state index is 0.541. The zero-order valence-corrected chi connectivity index (χ0v) is 12.3. The lowest BCUT2D eigenvalue weighted by atomic mass is 10.2. The number of para-hydroxylation sites is 2. The van der Waals surface area contributed by atoms with Gasteiger partial charge in [0.25, 0.3) is 0 Å². The van der Waals surface area contributed by atoms with E-state index in [0.29, 0.717) is 5.57 Å². The number of hydrogen-bond donors (Lipinski definition) is 1. The van der Waals surface area contributed by atoms with Gasteiger partial charge in [0.15, 0.2) is 0 Å². The Labute approximate surface area is 127 Å². The highest BCUT2D eigenvalue weighted by atomic mass is 32.1. The van der Waals surface area contributed by atoms with Gasteiger partial charge in [-0.25, -0.2) is 4.98 Å². The monoisotopic (exact) mass is 291 g/mol. The zero-order valence-electron chi connectivity index (χ0n) is 11.5. The minimum Gasteiger partial charge on any atom is -0.360 e. The molecule has 3 aromatic rings. The van der Waals surface area contributed by atoms with Crippen LogP contribution in [0.2, 0.25) is 0 Å². The number of nitrogens with one attached hydrogen (secondary N) is 1. The van der Waals surface area contributed by atoms with E-state index in [4.69, 9.17) is 0 Å². The van der Waals surface area contributed by atoms with E-state index in [9.17, 15) is 5.26 Å². The van der Waals surface area contributed by atoms with Gasteiger partial charge in [0, 0.05) is 11.9 Å². The number of aryl methyl sites for hydroxylation is 1. The molecule has 2 aromatic carbocycles. The SMILES string of the molecule is Cc1ccccc1N/C=C(\C#N)c1nc2ccccc2s1. The zero-order chi connectivity index (χ0) is 14.7. The molecule has 0 saturated heterocycles. The molecule has 3 nitrogen and oxygen atoms in total. The molecule has 1 N–H and O–H groups in total. The third-order valence-electron chi connectivity index (χ3n) is 3.16. The van der Waals surface area contributed by atoms with Crippen molar-refractivity contribution < 1.29 is 0 Å². The normalized spacial score (nSPS) is 11.3. The molecule has 0 spiro atoms. The number of nitrogens with zero attached hydrogens (tertiary/aromatic N) is 2. The molecule has 0 fully saturated rings. The van der Waals surface area contributed by atoms with Gasteiger partial charge in [-0.05, 0) is 30.7 Å². The van der Waals surface area contributed by atoms with Crippen LogP contribution in [0.5, 0.6) is 0 Å². The van der Waals surface area contributed by atoms with Crippen LogP contribution in [0.4, 0.5) is 5.69 Å². The van der Waals surface area contributed by atoms with Crippen molar-refractivity contribution in [1.82, 2.24) is 4.98 Å². The van der Waals surface area contributed by atoms with Gasteiger partial charge in [0.2, 0.25) is 0 Å². The first-order valence-corrected chi connectivity index (χ1v) is 7.38. The molecular weight excluding hydrogens is 278 g/mol. The Bertz CT molecular complexity index is 823. The lowest BCUT2D eigenvalue weighted by molar-refractivity contribution is 1.41. The topological polar surface area (TPSA) is 48.7 Å². The van der Waals surface area contributed by atoms with Gasteiger partial charge in [0.05, 0.1) is 10.2 Å². The highest BCUT2D eigenvalue weighted by molar-refractivity contribution is 7.19. The van der Waals surface area contributed by atoms with Crippen molar-refractivity contribution in [2.75, 3.05) is 5.32 Å². The molecule has 4 heteroatoms. The van der Waals surface area contributed by atoms with E-state index in [2.05, 4.69) is 16.4 Å². The van der Waals surface area contributed by atoms with Crippen LogP contribution in [-0.4, -0.2) is 4.98 Å². The van der Waals surface area contributed by atoms with Crippen LogP contribution >= 0.6 is 11.3 Å². The molecule has 1 aromatic heterocycles. The third-order valence-corrected chi connectivity index (χ3v) is 4.23. The molecule has 0 bridgehead atoms. The number of thiazole rings is 1. The first-order valence-electron chi connectivity index (χ1n) is 6.56. The first-order chi connectivity index (χ1) is 10.3. The Morgan fingerprint density at radius 1 is 1.19 bits per heavy atom. The standard InChI is InChI=1S/C17H13N3S/c1-12-6-2-3-7-14(12)19-11-13(10-18)17-20-15-8-4-5-9-16(15)21-17/h2-9,11,19H,1H3/b13-11+. The van der Waals surface area contributed by atoms with Gasteiger partial charge in [-0.2, -0.15) is 5.26 Å². The molecule has 1 heterocycles. The summed E-state index contributed by atoms with van der Waals surface area (Å²) >= 11 is 1.53. The predicted molar refractivity (Wildman–Crippen MR) is 88.0 cm³/mol. The molecule has 0 atom stereocenters. The van der Waals surface area contributed by atoms with E-state index in [1.807, 2.05) is 55.5 Å².